The molecule has 0 radical (unpaired) electrons. The van der Waals surface area contributed by atoms with Crippen LogP contribution in [0.2, 0.25) is 0 Å². The van der Waals surface area contributed by atoms with Gasteiger partial charge in [-0.05, 0) is 42.8 Å². The fourth-order valence-electron chi connectivity index (χ4n) is 2.64. The third kappa shape index (κ3) is 3.29. The second-order valence-corrected chi connectivity index (χ2v) is 5.35. The summed E-state index contributed by atoms with van der Waals surface area (Å²) in [6.07, 6.45) is 0. The molecule has 1 aromatic heterocycles. The number of hydrogen-bond acceptors (Lipinski definition) is 3. The van der Waals surface area contributed by atoms with Crippen LogP contribution in [-0.4, -0.2) is 11.6 Å². The van der Waals surface area contributed by atoms with Crippen LogP contribution in [0.5, 0.6) is 5.75 Å². The number of nitrogens with one attached hydrogen (secondary N) is 1. The first-order valence-corrected chi connectivity index (χ1v) is 7.79. The number of hydrogen-bond donors (Lipinski definition) is 1. The molecule has 0 saturated heterocycles. The van der Waals surface area contributed by atoms with Gasteiger partial charge in [0.05, 0.1) is 12.3 Å². The van der Waals surface area contributed by atoms with E-state index in [1.807, 2.05) is 37.3 Å². The van der Waals surface area contributed by atoms with E-state index in [4.69, 9.17) is 4.74 Å². The lowest BCUT2D eigenvalue weighted by Crippen LogP contribution is -2.13. The highest BCUT2D eigenvalue weighted by Crippen LogP contribution is 2.31. The van der Waals surface area contributed by atoms with Crippen molar-refractivity contribution in [2.75, 3.05) is 6.61 Å². The normalized spacial score (nSPS) is 10.3. The molecule has 1 heterocycles. The minimum Gasteiger partial charge on any atom is -0.493 e. The summed E-state index contributed by atoms with van der Waals surface area (Å²) in [6.45, 7) is 2.37. The fourth-order valence-corrected chi connectivity index (χ4v) is 2.64. The molecule has 3 rings (SSSR count). The van der Waals surface area contributed by atoms with Gasteiger partial charge >= 0.3 is 0 Å². The van der Waals surface area contributed by atoms with Crippen LogP contribution < -0.4 is 10.3 Å². The van der Waals surface area contributed by atoms with Gasteiger partial charge < -0.3 is 9.72 Å². The number of pyridine rings is 1. The summed E-state index contributed by atoms with van der Waals surface area (Å²) in [5.41, 5.74) is 1.79. The SMILES string of the molecule is CCOc1ccccc1-c1cc(-c2ccc(F)cc2)c(C#N)c(=O)[nH]1. The average molecular weight is 334 g/mol. The number of ether oxygens (including phenoxy) is 1. The van der Waals surface area contributed by atoms with E-state index in [9.17, 15) is 14.4 Å². The first-order valence-electron chi connectivity index (χ1n) is 7.79. The molecule has 0 atom stereocenters. The van der Waals surface area contributed by atoms with Gasteiger partial charge in [-0.3, -0.25) is 4.79 Å². The van der Waals surface area contributed by atoms with E-state index in [1.165, 1.54) is 12.1 Å². The summed E-state index contributed by atoms with van der Waals surface area (Å²) in [5, 5.41) is 9.35. The Morgan fingerprint density at radius 2 is 1.84 bits per heavy atom. The molecular formula is C20H15FN2O2. The Kier molecular flexibility index (Phi) is 4.62. The van der Waals surface area contributed by atoms with Crippen LogP contribution >= 0.6 is 0 Å². The first-order chi connectivity index (χ1) is 12.1. The smallest absolute Gasteiger partial charge is 0.266 e. The van der Waals surface area contributed by atoms with E-state index in [0.29, 0.717) is 34.7 Å². The number of H-pyrrole nitrogens is 1. The largest absolute Gasteiger partial charge is 0.493 e. The Morgan fingerprint density at radius 3 is 2.52 bits per heavy atom. The van der Waals surface area contributed by atoms with Crippen molar-refractivity contribution in [3.8, 4) is 34.2 Å². The van der Waals surface area contributed by atoms with Gasteiger partial charge in [-0.15, -0.1) is 0 Å². The summed E-state index contributed by atoms with van der Waals surface area (Å²) in [6, 6.07) is 16.7. The van der Waals surface area contributed by atoms with E-state index in [-0.39, 0.29) is 11.4 Å². The summed E-state index contributed by atoms with van der Waals surface area (Å²) in [5.74, 6) is 0.254. The highest BCUT2D eigenvalue weighted by Gasteiger charge is 2.14. The Balaban J connectivity index is 2.23. The molecule has 5 heteroatoms. The molecule has 1 N–H and O–H groups in total. The van der Waals surface area contributed by atoms with Crippen LogP contribution in [0, 0.1) is 17.1 Å². The Bertz CT molecular complexity index is 1000. The lowest BCUT2D eigenvalue weighted by atomic mass is 9.99. The lowest BCUT2D eigenvalue weighted by molar-refractivity contribution is 0.341. The lowest BCUT2D eigenvalue weighted by Gasteiger charge is -2.12. The maximum atomic E-state index is 13.2. The molecule has 2 aromatic carbocycles. The maximum Gasteiger partial charge on any atom is 0.266 e. The number of halogens is 1. The van der Waals surface area contributed by atoms with Gasteiger partial charge in [-0.1, -0.05) is 24.3 Å². The van der Waals surface area contributed by atoms with Gasteiger partial charge in [-0.25, -0.2) is 4.39 Å². The van der Waals surface area contributed by atoms with E-state index in [1.54, 1.807) is 18.2 Å². The third-order valence-corrected chi connectivity index (χ3v) is 3.78. The zero-order valence-electron chi connectivity index (χ0n) is 13.5. The molecule has 0 aliphatic carbocycles. The molecule has 0 bridgehead atoms. The minimum absolute atomic E-state index is 0.00995. The third-order valence-electron chi connectivity index (χ3n) is 3.78. The van der Waals surface area contributed by atoms with Crippen LogP contribution in [0.4, 0.5) is 4.39 Å². The van der Waals surface area contributed by atoms with Gasteiger partial charge in [0.2, 0.25) is 0 Å². The highest BCUT2D eigenvalue weighted by molar-refractivity contribution is 5.77. The first kappa shape index (κ1) is 16.5. The minimum atomic E-state index is -0.495. The molecular weight excluding hydrogens is 319 g/mol. The molecule has 0 spiro atoms. The number of aromatic amines is 1. The highest BCUT2D eigenvalue weighted by atomic mass is 19.1. The number of nitriles is 1. The van der Waals surface area contributed by atoms with Crippen LogP contribution in [-0.2, 0) is 0 Å². The van der Waals surface area contributed by atoms with Crippen molar-refractivity contribution in [2.24, 2.45) is 0 Å². The summed E-state index contributed by atoms with van der Waals surface area (Å²) in [7, 11) is 0. The molecule has 25 heavy (non-hydrogen) atoms. The molecule has 0 aliphatic rings. The number of nitrogens with zero attached hydrogens (tertiary/aromatic N) is 1. The Morgan fingerprint density at radius 1 is 1.12 bits per heavy atom. The van der Waals surface area contributed by atoms with Crippen LogP contribution in [0.15, 0.2) is 59.4 Å². The van der Waals surface area contributed by atoms with E-state index < -0.39 is 5.56 Å². The number of aromatic nitrogens is 1. The maximum absolute atomic E-state index is 13.2. The molecule has 4 nitrogen and oxygen atoms in total. The number of para-hydroxylation sites is 1. The zero-order chi connectivity index (χ0) is 17.8. The summed E-state index contributed by atoms with van der Waals surface area (Å²) in [4.78, 5) is 15.1. The van der Waals surface area contributed by atoms with E-state index in [2.05, 4.69) is 4.98 Å². The standard InChI is InChI=1S/C20H15FN2O2/c1-2-25-19-6-4-3-5-15(19)18-11-16(17(12-22)20(24)23-18)13-7-9-14(21)10-8-13/h3-11H,2H2,1H3,(H,23,24). The predicted octanol–water partition coefficient (Wildman–Crippen LogP) is 4.12. The van der Waals surface area contributed by atoms with Gasteiger partial charge in [0.15, 0.2) is 0 Å². The van der Waals surface area contributed by atoms with E-state index in [0.717, 1.165) is 0 Å². The average Bonchev–Trinajstić information content (AvgIpc) is 2.62. The molecule has 0 aliphatic heterocycles. The predicted molar refractivity (Wildman–Crippen MR) is 93.8 cm³/mol. The second kappa shape index (κ2) is 7.02. The summed E-state index contributed by atoms with van der Waals surface area (Å²) < 4.78 is 18.8. The molecule has 0 fully saturated rings. The molecule has 0 amide bonds. The molecule has 3 aromatic rings. The van der Waals surface area contributed by atoms with Crippen molar-refractivity contribution in [1.29, 1.82) is 5.26 Å². The molecule has 124 valence electrons. The van der Waals surface area contributed by atoms with E-state index >= 15 is 0 Å². The van der Waals surface area contributed by atoms with Crippen molar-refractivity contribution < 1.29 is 9.13 Å². The van der Waals surface area contributed by atoms with Gasteiger partial charge in [0.1, 0.15) is 23.2 Å². The Hall–Kier alpha value is -3.39. The fraction of sp³-hybridized carbons (Fsp3) is 0.100. The molecule has 0 saturated carbocycles. The van der Waals surface area contributed by atoms with Crippen molar-refractivity contribution in [2.45, 2.75) is 6.92 Å². The van der Waals surface area contributed by atoms with Crippen LogP contribution in [0.3, 0.4) is 0 Å². The van der Waals surface area contributed by atoms with Crippen molar-refractivity contribution in [3.05, 3.63) is 76.3 Å². The van der Waals surface area contributed by atoms with Crippen LogP contribution in [0.25, 0.3) is 22.4 Å². The number of benzene rings is 2. The summed E-state index contributed by atoms with van der Waals surface area (Å²) >= 11 is 0. The monoisotopic (exact) mass is 334 g/mol. The van der Waals surface area contributed by atoms with Gasteiger partial charge in [-0.2, -0.15) is 5.26 Å². The van der Waals surface area contributed by atoms with Gasteiger partial charge in [0.25, 0.3) is 5.56 Å². The second-order valence-electron chi connectivity index (χ2n) is 5.35. The zero-order valence-corrected chi connectivity index (χ0v) is 13.5. The van der Waals surface area contributed by atoms with Crippen LogP contribution in [0.1, 0.15) is 12.5 Å². The van der Waals surface area contributed by atoms with Crippen molar-refractivity contribution >= 4 is 0 Å². The van der Waals surface area contributed by atoms with Crippen molar-refractivity contribution in [3.63, 3.8) is 0 Å². The molecule has 0 unspecified atom stereocenters. The Labute approximate surface area is 144 Å². The van der Waals surface area contributed by atoms with Crippen molar-refractivity contribution in [1.82, 2.24) is 4.98 Å². The van der Waals surface area contributed by atoms with Gasteiger partial charge in [0, 0.05) is 11.1 Å². The quantitative estimate of drug-likeness (QED) is 0.780. The number of rotatable bonds is 4. The topological polar surface area (TPSA) is 65.9 Å².